The van der Waals surface area contributed by atoms with Gasteiger partial charge in [-0.2, -0.15) is 5.10 Å². The molecule has 0 fully saturated rings. The molecule has 1 heterocycles. The summed E-state index contributed by atoms with van der Waals surface area (Å²) in [5, 5.41) is 12.8. The lowest BCUT2D eigenvalue weighted by atomic mass is 10.1. The molecule has 0 aliphatic carbocycles. The zero-order valence-electron chi connectivity index (χ0n) is 9.91. The molecular weight excluding hydrogens is 312 g/mol. The van der Waals surface area contributed by atoms with Crippen molar-refractivity contribution in [3.05, 3.63) is 51.2 Å². The summed E-state index contributed by atoms with van der Waals surface area (Å²) in [5.74, 6) is -0.957. The smallest absolute Gasteiger partial charge is 0.305 e. The Kier molecular flexibility index (Phi) is 4.11. The van der Waals surface area contributed by atoms with Crippen LogP contribution < -0.4 is 5.56 Å². The van der Waals surface area contributed by atoms with E-state index in [2.05, 4.69) is 21.0 Å². The molecule has 2 rings (SSSR count). The van der Waals surface area contributed by atoms with Crippen molar-refractivity contribution in [2.45, 2.75) is 13.0 Å². The summed E-state index contributed by atoms with van der Waals surface area (Å²) in [6, 6.07) is 10.5. The number of hydrogen-bond acceptors (Lipinski definition) is 3. The third-order valence-corrected chi connectivity index (χ3v) is 3.02. The van der Waals surface area contributed by atoms with Gasteiger partial charge in [-0.15, -0.1) is 0 Å². The van der Waals surface area contributed by atoms with Gasteiger partial charge in [0.05, 0.1) is 18.7 Å². The first-order valence-electron chi connectivity index (χ1n) is 5.62. The van der Waals surface area contributed by atoms with Gasteiger partial charge in [0, 0.05) is 16.1 Å². The Morgan fingerprint density at radius 1 is 1.32 bits per heavy atom. The zero-order valence-corrected chi connectivity index (χ0v) is 11.5. The number of rotatable bonds is 4. The number of halogens is 1. The highest BCUT2D eigenvalue weighted by molar-refractivity contribution is 9.10. The molecule has 2 aromatic rings. The minimum Gasteiger partial charge on any atom is -0.481 e. The Labute approximate surface area is 117 Å². The number of aryl methyl sites for hydroxylation is 1. The Morgan fingerprint density at radius 3 is 2.79 bits per heavy atom. The zero-order chi connectivity index (χ0) is 13.8. The average Bonchev–Trinajstić information content (AvgIpc) is 2.37. The quantitative estimate of drug-likeness (QED) is 0.936. The molecule has 0 radical (unpaired) electrons. The van der Waals surface area contributed by atoms with Gasteiger partial charge in [0.1, 0.15) is 0 Å². The van der Waals surface area contributed by atoms with Crippen LogP contribution >= 0.6 is 15.9 Å². The number of carbonyl (C=O) groups is 1. The molecule has 0 spiro atoms. The number of aliphatic carboxylic acids is 1. The van der Waals surface area contributed by atoms with Crippen molar-refractivity contribution in [2.24, 2.45) is 0 Å². The molecule has 0 saturated carbocycles. The second-order valence-electron chi connectivity index (χ2n) is 3.93. The standard InChI is InChI=1S/C13H11BrN2O3/c14-10-3-1-2-9(8-10)11-4-5-12(17)16(15-11)7-6-13(18)19/h1-5,8H,6-7H2,(H,18,19). The van der Waals surface area contributed by atoms with Gasteiger partial charge in [-0.05, 0) is 18.2 Å². The number of carboxylic acid groups (broad SMARTS) is 1. The van der Waals surface area contributed by atoms with Gasteiger partial charge in [0.25, 0.3) is 5.56 Å². The fraction of sp³-hybridized carbons (Fsp3) is 0.154. The predicted molar refractivity (Wildman–Crippen MR) is 73.9 cm³/mol. The minimum atomic E-state index is -0.957. The lowest BCUT2D eigenvalue weighted by Crippen LogP contribution is -2.23. The van der Waals surface area contributed by atoms with E-state index in [1.54, 1.807) is 6.07 Å². The summed E-state index contributed by atoms with van der Waals surface area (Å²) in [7, 11) is 0. The summed E-state index contributed by atoms with van der Waals surface area (Å²) in [4.78, 5) is 22.1. The van der Waals surface area contributed by atoms with E-state index in [1.165, 1.54) is 10.7 Å². The van der Waals surface area contributed by atoms with Crippen molar-refractivity contribution in [3.63, 3.8) is 0 Å². The van der Waals surface area contributed by atoms with Crippen molar-refractivity contribution in [3.8, 4) is 11.3 Å². The van der Waals surface area contributed by atoms with Crippen LogP contribution in [0.15, 0.2) is 45.7 Å². The normalized spacial score (nSPS) is 10.4. The van der Waals surface area contributed by atoms with E-state index < -0.39 is 5.97 Å². The molecule has 0 aliphatic rings. The van der Waals surface area contributed by atoms with Crippen LogP contribution in [0.4, 0.5) is 0 Å². The van der Waals surface area contributed by atoms with Gasteiger partial charge in [0.2, 0.25) is 0 Å². The maximum Gasteiger partial charge on any atom is 0.305 e. The van der Waals surface area contributed by atoms with Crippen molar-refractivity contribution in [1.29, 1.82) is 0 Å². The topological polar surface area (TPSA) is 72.2 Å². The van der Waals surface area contributed by atoms with Crippen molar-refractivity contribution >= 4 is 21.9 Å². The molecule has 5 nitrogen and oxygen atoms in total. The number of hydrogen-bond donors (Lipinski definition) is 1. The number of benzene rings is 1. The monoisotopic (exact) mass is 322 g/mol. The summed E-state index contributed by atoms with van der Waals surface area (Å²) >= 11 is 3.37. The van der Waals surface area contributed by atoms with Crippen LogP contribution in [0, 0.1) is 0 Å². The Bertz CT molecular complexity index is 667. The van der Waals surface area contributed by atoms with E-state index in [1.807, 2.05) is 24.3 Å². The minimum absolute atomic E-state index is 0.0655. The molecule has 0 aliphatic heterocycles. The molecule has 0 atom stereocenters. The van der Waals surface area contributed by atoms with E-state index in [0.29, 0.717) is 5.69 Å². The van der Waals surface area contributed by atoms with Crippen LogP contribution in [-0.2, 0) is 11.3 Å². The van der Waals surface area contributed by atoms with Gasteiger partial charge in [-0.25, -0.2) is 4.68 Å². The van der Waals surface area contributed by atoms with E-state index >= 15 is 0 Å². The molecule has 0 unspecified atom stereocenters. The molecule has 19 heavy (non-hydrogen) atoms. The number of aromatic nitrogens is 2. The average molecular weight is 323 g/mol. The van der Waals surface area contributed by atoms with Crippen LogP contribution in [0.25, 0.3) is 11.3 Å². The van der Waals surface area contributed by atoms with Gasteiger partial charge >= 0.3 is 5.97 Å². The van der Waals surface area contributed by atoms with E-state index in [0.717, 1.165) is 10.0 Å². The Balaban J connectivity index is 2.35. The molecule has 0 bridgehead atoms. The molecule has 1 aromatic heterocycles. The Morgan fingerprint density at radius 2 is 2.11 bits per heavy atom. The maximum atomic E-state index is 11.6. The second kappa shape index (κ2) is 5.79. The van der Waals surface area contributed by atoms with E-state index in [-0.39, 0.29) is 18.5 Å². The fourth-order valence-electron chi connectivity index (χ4n) is 1.61. The highest BCUT2D eigenvalue weighted by Crippen LogP contribution is 2.20. The van der Waals surface area contributed by atoms with Gasteiger partial charge in [0.15, 0.2) is 0 Å². The largest absolute Gasteiger partial charge is 0.481 e. The van der Waals surface area contributed by atoms with Crippen LogP contribution in [0.5, 0.6) is 0 Å². The van der Waals surface area contributed by atoms with Gasteiger partial charge in [-0.1, -0.05) is 28.1 Å². The van der Waals surface area contributed by atoms with Crippen molar-refractivity contribution in [1.82, 2.24) is 9.78 Å². The lowest BCUT2D eigenvalue weighted by molar-refractivity contribution is -0.137. The molecule has 0 amide bonds. The first-order chi connectivity index (χ1) is 9.06. The molecule has 0 saturated heterocycles. The van der Waals surface area contributed by atoms with E-state index in [9.17, 15) is 9.59 Å². The summed E-state index contributed by atoms with van der Waals surface area (Å²) < 4.78 is 2.08. The molecular formula is C13H11BrN2O3. The predicted octanol–water partition coefficient (Wildman–Crippen LogP) is 2.15. The molecule has 1 N–H and O–H groups in total. The lowest BCUT2D eigenvalue weighted by Gasteiger charge is -2.06. The Hall–Kier alpha value is -1.95. The summed E-state index contributed by atoms with van der Waals surface area (Å²) in [6.45, 7) is 0.0655. The van der Waals surface area contributed by atoms with Crippen LogP contribution in [0.1, 0.15) is 6.42 Å². The van der Waals surface area contributed by atoms with Crippen LogP contribution in [0.3, 0.4) is 0 Å². The number of carboxylic acids is 1. The van der Waals surface area contributed by atoms with Crippen LogP contribution in [-0.4, -0.2) is 20.9 Å². The van der Waals surface area contributed by atoms with Crippen LogP contribution in [0.2, 0.25) is 0 Å². The fourth-order valence-corrected chi connectivity index (χ4v) is 2.01. The summed E-state index contributed by atoms with van der Waals surface area (Å²) in [5.41, 5.74) is 1.18. The molecule has 98 valence electrons. The van der Waals surface area contributed by atoms with Crippen molar-refractivity contribution < 1.29 is 9.90 Å². The second-order valence-corrected chi connectivity index (χ2v) is 4.85. The first-order valence-corrected chi connectivity index (χ1v) is 6.41. The van der Waals surface area contributed by atoms with Crippen molar-refractivity contribution in [2.75, 3.05) is 0 Å². The molecule has 6 heteroatoms. The van der Waals surface area contributed by atoms with E-state index in [4.69, 9.17) is 5.11 Å². The summed E-state index contributed by atoms with van der Waals surface area (Å²) in [6.07, 6.45) is -0.130. The first kappa shape index (κ1) is 13.5. The maximum absolute atomic E-state index is 11.6. The number of nitrogens with zero attached hydrogens (tertiary/aromatic N) is 2. The van der Waals surface area contributed by atoms with Gasteiger partial charge in [-0.3, -0.25) is 9.59 Å². The third kappa shape index (κ3) is 3.51. The highest BCUT2D eigenvalue weighted by atomic mass is 79.9. The van der Waals surface area contributed by atoms with Gasteiger partial charge < -0.3 is 5.11 Å². The SMILES string of the molecule is O=C(O)CCn1nc(-c2cccc(Br)c2)ccc1=O. The third-order valence-electron chi connectivity index (χ3n) is 2.52. The highest BCUT2D eigenvalue weighted by Gasteiger charge is 2.05. The molecule has 1 aromatic carbocycles.